The van der Waals surface area contributed by atoms with Crippen LogP contribution >= 0.6 is 15.9 Å². The van der Waals surface area contributed by atoms with E-state index in [0.717, 1.165) is 17.6 Å². The van der Waals surface area contributed by atoms with Crippen molar-refractivity contribution in [2.24, 2.45) is 0 Å². The molecule has 0 spiro atoms. The predicted octanol–water partition coefficient (Wildman–Crippen LogP) is 0.905. The number of nitrogens with one attached hydrogen (secondary N) is 3. The SMILES string of the molecule is CCNCCNC(=O)CNC(=O)c1cccc(Br)c1. The lowest BCUT2D eigenvalue weighted by atomic mass is 10.2. The van der Waals surface area contributed by atoms with Crippen LogP contribution in [0, 0.1) is 0 Å². The van der Waals surface area contributed by atoms with Gasteiger partial charge in [-0.25, -0.2) is 0 Å². The van der Waals surface area contributed by atoms with Crippen LogP contribution in [-0.4, -0.2) is 38.0 Å². The number of carbonyl (C=O) groups excluding carboxylic acids is 2. The lowest BCUT2D eigenvalue weighted by Gasteiger charge is -2.07. The Hall–Kier alpha value is -1.40. The first-order valence-corrected chi connectivity index (χ1v) is 6.94. The van der Waals surface area contributed by atoms with E-state index < -0.39 is 0 Å². The molecule has 0 saturated heterocycles. The van der Waals surface area contributed by atoms with Gasteiger partial charge in [0, 0.05) is 23.1 Å². The molecule has 0 aliphatic carbocycles. The van der Waals surface area contributed by atoms with E-state index in [1.165, 1.54) is 0 Å². The van der Waals surface area contributed by atoms with E-state index in [1.807, 2.05) is 13.0 Å². The molecule has 0 fully saturated rings. The van der Waals surface area contributed by atoms with E-state index in [4.69, 9.17) is 0 Å². The van der Waals surface area contributed by atoms with Crippen LogP contribution in [0.15, 0.2) is 28.7 Å². The minimum Gasteiger partial charge on any atom is -0.353 e. The van der Waals surface area contributed by atoms with Gasteiger partial charge in [0.1, 0.15) is 0 Å². The smallest absolute Gasteiger partial charge is 0.251 e. The molecule has 0 bridgehead atoms. The van der Waals surface area contributed by atoms with E-state index in [-0.39, 0.29) is 18.4 Å². The molecule has 0 aliphatic rings. The molecular formula is C13H18BrN3O2. The Morgan fingerprint density at radius 1 is 1.21 bits per heavy atom. The van der Waals surface area contributed by atoms with E-state index in [9.17, 15) is 9.59 Å². The first-order chi connectivity index (χ1) is 9.13. The van der Waals surface area contributed by atoms with Crippen LogP contribution in [0.4, 0.5) is 0 Å². The van der Waals surface area contributed by atoms with Gasteiger partial charge in [0.2, 0.25) is 5.91 Å². The summed E-state index contributed by atoms with van der Waals surface area (Å²) in [5.41, 5.74) is 0.523. The maximum absolute atomic E-state index is 11.8. The van der Waals surface area contributed by atoms with Crippen molar-refractivity contribution in [1.29, 1.82) is 0 Å². The van der Waals surface area contributed by atoms with Crippen LogP contribution < -0.4 is 16.0 Å². The van der Waals surface area contributed by atoms with Crippen molar-refractivity contribution >= 4 is 27.7 Å². The lowest BCUT2D eigenvalue weighted by molar-refractivity contribution is -0.120. The quantitative estimate of drug-likeness (QED) is 0.652. The van der Waals surface area contributed by atoms with Crippen molar-refractivity contribution in [3.63, 3.8) is 0 Å². The molecule has 6 heteroatoms. The maximum atomic E-state index is 11.8. The van der Waals surface area contributed by atoms with Crippen molar-refractivity contribution in [3.05, 3.63) is 34.3 Å². The summed E-state index contributed by atoms with van der Waals surface area (Å²) in [5.74, 6) is -0.454. The molecule has 1 aromatic carbocycles. The molecule has 0 heterocycles. The van der Waals surface area contributed by atoms with Crippen molar-refractivity contribution in [3.8, 4) is 0 Å². The standard InChI is InChI=1S/C13H18BrN3O2/c1-2-15-6-7-16-12(18)9-17-13(19)10-4-3-5-11(14)8-10/h3-5,8,15H,2,6-7,9H2,1H3,(H,16,18)(H,17,19). The van der Waals surface area contributed by atoms with E-state index in [2.05, 4.69) is 31.9 Å². The summed E-state index contributed by atoms with van der Waals surface area (Å²) in [7, 11) is 0. The second kappa shape index (κ2) is 8.66. The summed E-state index contributed by atoms with van der Waals surface area (Å²) < 4.78 is 0.829. The van der Waals surface area contributed by atoms with E-state index in [0.29, 0.717) is 12.1 Å². The predicted molar refractivity (Wildman–Crippen MR) is 78.0 cm³/mol. The topological polar surface area (TPSA) is 70.2 Å². The Kier molecular flexibility index (Phi) is 7.14. The van der Waals surface area contributed by atoms with Crippen molar-refractivity contribution < 1.29 is 9.59 Å². The van der Waals surface area contributed by atoms with Crippen molar-refractivity contribution in [1.82, 2.24) is 16.0 Å². The highest BCUT2D eigenvalue weighted by atomic mass is 79.9. The van der Waals surface area contributed by atoms with Crippen molar-refractivity contribution in [2.45, 2.75) is 6.92 Å². The minimum absolute atomic E-state index is 0.0164. The number of carbonyl (C=O) groups is 2. The number of hydrogen-bond acceptors (Lipinski definition) is 3. The fourth-order valence-corrected chi connectivity index (χ4v) is 1.82. The average Bonchev–Trinajstić information content (AvgIpc) is 2.41. The molecular weight excluding hydrogens is 310 g/mol. The highest BCUT2D eigenvalue weighted by Crippen LogP contribution is 2.11. The van der Waals surface area contributed by atoms with Gasteiger partial charge in [-0.15, -0.1) is 0 Å². The van der Waals surface area contributed by atoms with Crippen LogP contribution in [-0.2, 0) is 4.79 Å². The summed E-state index contributed by atoms with van der Waals surface area (Å²) in [6, 6.07) is 7.02. The average molecular weight is 328 g/mol. The molecule has 0 atom stereocenters. The van der Waals surface area contributed by atoms with Crippen LogP contribution in [0.1, 0.15) is 17.3 Å². The van der Waals surface area contributed by atoms with Crippen LogP contribution in [0.3, 0.4) is 0 Å². The highest BCUT2D eigenvalue weighted by molar-refractivity contribution is 9.10. The highest BCUT2D eigenvalue weighted by Gasteiger charge is 2.07. The second-order valence-electron chi connectivity index (χ2n) is 3.90. The summed E-state index contributed by atoms with van der Waals surface area (Å²) in [4.78, 5) is 23.2. The summed E-state index contributed by atoms with van der Waals surface area (Å²) >= 11 is 3.29. The van der Waals surface area contributed by atoms with Gasteiger partial charge in [-0.05, 0) is 24.7 Å². The van der Waals surface area contributed by atoms with Gasteiger partial charge in [-0.1, -0.05) is 28.9 Å². The van der Waals surface area contributed by atoms with Crippen LogP contribution in [0.5, 0.6) is 0 Å². The summed E-state index contributed by atoms with van der Waals surface area (Å²) in [5, 5.41) is 8.38. The largest absolute Gasteiger partial charge is 0.353 e. The molecule has 5 nitrogen and oxygen atoms in total. The molecule has 0 aromatic heterocycles. The van der Waals surface area contributed by atoms with Gasteiger partial charge in [0.15, 0.2) is 0 Å². The van der Waals surface area contributed by atoms with E-state index >= 15 is 0 Å². The normalized spacial score (nSPS) is 10.0. The molecule has 0 unspecified atom stereocenters. The first-order valence-electron chi connectivity index (χ1n) is 6.14. The fourth-order valence-electron chi connectivity index (χ4n) is 1.42. The Labute approximate surface area is 121 Å². The third-order valence-corrected chi connectivity index (χ3v) is 2.86. The van der Waals surface area contributed by atoms with Gasteiger partial charge < -0.3 is 16.0 Å². The summed E-state index contributed by atoms with van der Waals surface area (Å²) in [6.45, 7) is 4.13. The number of benzene rings is 1. The van der Waals surface area contributed by atoms with Gasteiger partial charge >= 0.3 is 0 Å². The summed E-state index contributed by atoms with van der Waals surface area (Å²) in [6.07, 6.45) is 0. The molecule has 1 aromatic rings. The Balaban J connectivity index is 2.28. The zero-order valence-corrected chi connectivity index (χ0v) is 12.4. The zero-order valence-electron chi connectivity index (χ0n) is 10.8. The van der Waals surface area contributed by atoms with Gasteiger partial charge in [-0.2, -0.15) is 0 Å². The molecule has 19 heavy (non-hydrogen) atoms. The number of hydrogen-bond donors (Lipinski definition) is 3. The van der Waals surface area contributed by atoms with Gasteiger partial charge in [0.05, 0.1) is 6.54 Å². The monoisotopic (exact) mass is 327 g/mol. The van der Waals surface area contributed by atoms with E-state index in [1.54, 1.807) is 18.2 Å². The third kappa shape index (κ3) is 6.35. The number of amides is 2. The van der Waals surface area contributed by atoms with Crippen LogP contribution in [0.25, 0.3) is 0 Å². The molecule has 0 aliphatic heterocycles. The van der Waals surface area contributed by atoms with Crippen molar-refractivity contribution in [2.75, 3.05) is 26.2 Å². The lowest BCUT2D eigenvalue weighted by Crippen LogP contribution is -2.39. The molecule has 3 N–H and O–H groups in total. The Morgan fingerprint density at radius 3 is 2.68 bits per heavy atom. The molecule has 0 saturated carbocycles. The molecule has 0 radical (unpaired) electrons. The zero-order chi connectivity index (χ0) is 14.1. The minimum atomic E-state index is -0.261. The van der Waals surface area contributed by atoms with Crippen LogP contribution in [0.2, 0.25) is 0 Å². The Bertz CT molecular complexity index is 438. The maximum Gasteiger partial charge on any atom is 0.251 e. The Morgan fingerprint density at radius 2 is 2.00 bits per heavy atom. The molecule has 2 amide bonds. The second-order valence-corrected chi connectivity index (χ2v) is 4.81. The molecule has 104 valence electrons. The molecule has 1 rings (SSSR count). The first kappa shape index (κ1) is 15.7. The number of rotatable bonds is 7. The van der Waals surface area contributed by atoms with Gasteiger partial charge in [-0.3, -0.25) is 9.59 Å². The third-order valence-electron chi connectivity index (χ3n) is 2.37. The fraction of sp³-hybridized carbons (Fsp3) is 0.385. The number of likely N-dealkylation sites (N-methyl/N-ethyl adjacent to an activating group) is 1. The number of halogens is 1. The van der Waals surface area contributed by atoms with Gasteiger partial charge in [0.25, 0.3) is 5.91 Å².